The molecule has 110 valence electrons. The number of piperidine rings is 1. The second-order valence-electron chi connectivity index (χ2n) is 5.10. The smallest absolute Gasteiger partial charge is 0.257 e. The van der Waals surface area contributed by atoms with E-state index in [-0.39, 0.29) is 5.91 Å². The van der Waals surface area contributed by atoms with Gasteiger partial charge < -0.3 is 14.4 Å². The minimum absolute atomic E-state index is 0.00648. The van der Waals surface area contributed by atoms with Crippen molar-refractivity contribution in [1.29, 1.82) is 0 Å². The Morgan fingerprint density at radius 2 is 2.10 bits per heavy atom. The van der Waals surface area contributed by atoms with E-state index in [9.17, 15) is 4.79 Å². The summed E-state index contributed by atoms with van der Waals surface area (Å²) in [6.45, 7) is 3.68. The lowest BCUT2D eigenvalue weighted by Gasteiger charge is -2.34. The first-order valence-electron chi connectivity index (χ1n) is 6.72. The molecule has 0 spiro atoms. The Bertz CT molecular complexity index is 492. The van der Waals surface area contributed by atoms with Crippen molar-refractivity contribution in [1.82, 2.24) is 4.90 Å². The molecule has 1 aliphatic heterocycles. The quantitative estimate of drug-likeness (QED) is 0.793. The van der Waals surface area contributed by atoms with Crippen LogP contribution in [-0.4, -0.2) is 42.9 Å². The van der Waals surface area contributed by atoms with Gasteiger partial charge in [0.2, 0.25) is 0 Å². The first-order valence-corrected chi connectivity index (χ1v) is 7.63. The summed E-state index contributed by atoms with van der Waals surface area (Å²) in [6, 6.07) is 5.31. The van der Waals surface area contributed by atoms with Gasteiger partial charge in [-0.25, -0.2) is 0 Å². The number of likely N-dealkylation sites (tertiary alicyclic amines) is 1. The highest BCUT2D eigenvalue weighted by Crippen LogP contribution is 2.29. The average Bonchev–Trinajstić information content (AvgIpc) is 2.48. The van der Waals surface area contributed by atoms with Crippen LogP contribution in [0, 0.1) is 5.92 Å². The molecule has 1 aromatic carbocycles. The molecule has 20 heavy (non-hydrogen) atoms. The molecule has 1 saturated heterocycles. The fourth-order valence-corrected chi connectivity index (χ4v) is 2.82. The fraction of sp³-hybridized carbons (Fsp3) is 0.533. The molecule has 2 rings (SSSR count). The first-order chi connectivity index (χ1) is 9.56. The number of rotatable bonds is 3. The first kappa shape index (κ1) is 15.2. The van der Waals surface area contributed by atoms with Gasteiger partial charge in [-0.2, -0.15) is 0 Å². The number of nitrogens with zero attached hydrogens (tertiary/aromatic N) is 1. The summed E-state index contributed by atoms with van der Waals surface area (Å²) >= 11 is 3.65. The van der Waals surface area contributed by atoms with Crippen LogP contribution in [0.5, 0.6) is 11.5 Å². The highest BCUT2D eigenvalue weighted by molar-refractivity contribution is 9.09. The largest absolute Gasteiger partial charge is 0.497 e. The van der Waals surface area contributed by atoms with Crippen molar-refractivity contribution < 1.29 is 14.3 Å². The standard InChI is InChI=1S/C15H20BrNO3/c1-10-9-17(7-6-13(10)16)15(18)12-8-11(19-2)4-5-14(12)20-3/h4-5,8,10,13H,6-7,9H2,1-3H3. The minimum Gasteiger partial charge on any atom is -0.497 e. The van der Waals surface area contributed by atoms with Gasteiger partial charge in [-0.05, 0) is 30.5 Å². The second-order valence-corrected chi connectivity index (χ2v) is 6.28. The van der Waals surface area contributed by atoms with Crippen molar-refractivity contribution in [3.05, 3.63) is 23.8 Å². The number of alkyl halides is 1. The van der Waals surface area contributed by atoms with Crippen LogP contribution in [0.2, 0.25) is 0 Å². The van der Waals surface area contributed by atoms with E-state index in [1.165, 1.54) is 0 Å². The lowest BCUT2D eigenvalue weighted by molar-refractivity contribution is 0.0686. The van der Waals surface area contributed by atoms with Gasteiger partial charge in [-0.15, -0.1) is 0 Å². The molecule has 4 nitrogen and oxygen atoms in total. The van der Waals surface area contributed by atoms with Gasteiger partial charge in [0.1, 0.15) is 11.5 Å². The molecular formula is C15H20BrNO3. The van der Waals surface area contributed by atoms with E-state index in [4.69, 9.17) is 9.47 Å². The van der Waals surface area contributed by atoms with Crippen molar-refractivity contribution in [3.63, 3.8) is 0 Å². The normalized spacial score (nSPS) is 22.5. The van der Waals surface area contributed by atoms with Crippen LogP contribution in [0.1, 0.15) is 23.7 Å². The van der Waals surface area contributed by atoms with Crippen molar-refractivity contribution in [2.75, 3.05) is 27.3 Å². The summed E-state index contributed by atoms with van der Waals surface area (Å²) in [5.74, 6) is 1.71. The average molecular weight is 342 g/mol. The highest BCUT2D eigenvalue weighted by Gasteiger charge is 2.29. The molecular weight excluding hydrogens is 322 g/mol. The molecule has 1 aromatic rings. The number of hydrogen-bond acceptors (Lipinski definition) is 3. The SMILES string of the molecule is COc1ccc(OC)c(C(=O)N2CCC(Br)C(C)C2)c1. The lowest BCUT2D eigenvalue weighted by Crippen LogP contribution is -2.43. The van der Waals surface area contributed by atoms with Crippen molar-refractivity contribution in [2.45, 2.75) is 18.2 Å². The predicted molar refractivity (Wildman–Crippen MR) is 81.9 cm³/mol. The van der Waals surface area contributed by atoms with Crippen LogP contribution in [0.25, 0.3) is 0 Å². The molecule has 0 saturated carbocycles. The van der Waals surface area contributed by atoms with Crippen LogP contribution in [0.15, 0.2) is 18.2 Å². The van der Waals surface area contributed by atoms with Crippen LogP contribution in [-0.2, 0) is 0 Å². The summed E-state index contributed by atoms with van der Waals surface area (Å²) in [7, 11) is 3.17. The minimum atomic E-state index is 0.00648. The Balaban J connectivity index is 2.24. The molecule has 1 amide bonds. The summed E-state index contributed by atoms with van der Waals surface area (Å²) in [6.07, 6.45) is 0.971. The Morgan fingerprint density at radius 1 is 1.35 bits per heavy atom. The van der Waals surface area contributed by atoms with Crippen molar-refractivity contribution in [2.24, 2.45) is 5.92 Å². The van der Waals surface area contributed by atoms with E-state index in [0.717, 1.165) is 19.5 Å². The van der Waals surface area contributed by atoms with E-state index < -0.39 is 0 Å². The van der Waals surface area contributed by atoms with Crippen molar-refractivity contribution in [3.8, 4) is 11.5 Å². The molecule has 0 bridgehead atoms. The van der Waals surface area contributed by atoms with E-state index in [0.29, 0.717) is 27.8 Å². The number of carbonyl (C=O) groups excluding carboxylic acids is 1. The van der Waals surface area contributed by atoms with E-state index in [1.807, 2.05) is 4.90 Å². The van der Waals surface area contributed by atoms with Crippen LogP contribution >= 0.6 is 15.9 Å². The van der Waals surface area contributed by atoms with Crippen LogP contribution in [0.3, 0.4) is 0 Å². The summed E-state index contributed by atoms with van der Waals surface area (Å²) < 4.78 is 10.5. The number of methoxy groups -OCH3 is 2. The van der Waals surface area contributed by atoms with Crippen molar-refractivity contribution >= 4 is 21.8 Å². The number of hydrogen-bond donors (Lipinski definition) is 0. The highest BCUT2D eigenvalue weighted by atomic mass is 79.9. The summed E-state index contributed by atoms with van der Waals surface area (Å²) in [5, 5.41) is 0. The zero-order chi connectivity index (χ0) is 14.7. The Hall–Kier alpha value is -1.23. The van der Waals surface area contributed by atoms with Gasteiger partial charge in [-0.1, -0.05) is 22.9 Å². The van der Waals surface area contributed by atoms with Gasteiger partial charge in [0.15, 0.2) is 0 Å². The summed E-state index contributed by atoms with van der Waals surface area (Å²) in [5.41, 5.74) is 0.562. The van der Waals surface area contributed by atoms with Gasteiger partial charge in [0.05, 0.1) is 19.8 Å². The fourth-order valence-electron chi connectivity index (χ4n) is 2.45. The van der Waals surface area contributed by atoms with Gasteiger partial charge in [0.25, 0.3) is 5.91 Å². The molecule has 1 fully saturated rings. The maximum Gasteiger partial charge on any atom is 0.257 e. The topological polar surface area (TPSA) is 38.8 Å². The number of ether oxygens (including phenoxy) is 2. The number of carbonyl (C=O) groups is 1. The second kappa shape index (κ2) is 6.48. The van der Waals surface area contributed by atoms with Gasteiger partial charge in [0, 0.05) is 17.9 Å². The van der Waals surface area contributed by atoms with E-state index >= 15 is 0 Å². The Morgan fingerprint density at radius 3 is 2.70 bits per heavy atom. The van der Waals surface area contributed by atoms with Gasteiger partial charge >= 0.3 is 0 Å². The molecule has 2 atom stereocenters. The van der Waals surface area contributed by atoms with E-state index in [1.54, 1.807) is 32.4 Å². The maximum atomic E-state index is 12.7. The molecule has 0 N–H and O–H groups in total. The summed E-state index contributed by atoms with van der Waals surface area (Å²) in [4.78, 5) is 15.0. The van der Waals surface area contributed by atoms with Crippen LogP contribution < -0.4 is 9.47 Å². The lowest BCUT2D eigenvalue weighted by atomic mass is 9.99. The Labute approximate surface area is 128 Å². The zero-order valence-corrected chi connectivity index (χ0v) is 13.6. The Kier molecular flexibility index (Phi) is 4.91. The van der Waals surface area contributed by atoms with Crippen LogP contribution in [0.4, 0.5) is 0 Å². The van der Waals surface area contributed by atoms with Gasteiger partial charge in [-0.3, -0.25) is 4.79 Å². The number of halogens is 1. The third-order valence-corrected chi connectivity index (χ3v) is 5.09. The molecule has 2 unspecified atom stereocenters. The molecule has 0 radical (unpaired) electrons. The maximum absolute atomic E-state index is 12.7. The number of benzene rings is 1. The third-order valence-electron chi connectivity index (χ3n) is 3.72. The molecule has 0 aliphatic carbocycles. The molecule has 0 aromatic heterocycles. The number of amides is 1. The molecule has 1 aliphatic rings. The predicted octanol–water partition coefficient (Wildman–Crippen LogP) is 2.95. The monoisotopic (exact) mass is 341 g/mol. The zero-order valence-electron chi connectivity index (χ0n) is 12.1. The third kappa shape index (κ3) is 3.08. The molecule has 5 heteroatoms. The van der Waals surface area contributed by atoms with E-state index in [2.05, 4.69) is 22.9 Å². The molecule has 1 heterocycles.